The van der Waals surface area contributed by atoms with Crippen LogP contribution in [0.25, 0.3) is 0 Å². The molecule has 3 heterocycles. The normalized spacial score (nSPS) is 19.0. The predicted octanol–water partition coefficient (Wildman–Crippen LogP) is 4.80. The molecule has 6 nitrogen and oxygen atoms in total. The van der Waals surface area contributed by atoms with Gasteiger partial charge in [-0.2, -0.15) is 0 Å². The summed E-state index contributed by atoms with van der Waals surface area (Å²) in [5, 5.41) is 3.79. The zero-order chi connectivity index (χ0) is 23.2. The molecule has 2 aromatic heterocycles. The summed E-state index contributed by atoms with van der Waals surface area (Å²) in [6.45, 7) is 4.14. The van der Waals surface area contributed by atoms with Gasteiger partial charge >= 0.3 is 0 Å². The number of hydrogen-bond donors (Lipinski definition) is 2. The molecular formula is C25H23FN4O2S. The highest BCUT2D eigenvalue weighted by Crippen LogP contribution is 2.47. The van der Waals surface area contributed by atoms with Crippen LogP contribution in [0.3, 0.4) is 0 Å². The van der Waals surface area contributed by atoms with Gasteiger partial charge in [0.25, 0.3) is 5.56 Å². The average Bonchev–Trinajstić information content (AvgIpc) is 2.77. The number of allylic oxidation sites excluding steroid dienone is 2. The topological polar surface area (TPSA) is 87.7 Å². The number of carbonyl (C=O) groups excluding carboxylic acids is 1. The third kappa shape index (κ3) is 4.23. The summed E-state index contributed by atoms with van der Waals surface area (Å²) < 4.78 is 13.2. The van der Waals surface area contributed by atoms with E-state index in [1.54, 1.807) is 24.5 Å². The number of pyridine rings is 1. The number of aromatic amines is 1. The number of H-pyrrole nitrogens is 1. The minimum absolute atomic E-state index is 0.0513. The Balaban J connectivity index is 1.56. The summed E-state index contributed by atoms with van der Waals surface area (Å²) in [6.07, 6.45) is 4.47. The second kappa shape index (κ2) is 8.26. The van der Waals surface area contributed by atoms with Crippen LogP contribution in [0, 0.1) is 11.2 Å². The molecule has 168 valence electrons. The zero-order valence-electron chi connectivity index (χ0n) is 18.3. The lowest BCUT2D eigenvalue weighted by atomic mass is 9.69. The van der Waals surface area contributed by atoms with E-state index < -0.39 is 5.92 Å². The zero-order valence-corrected chi connectivity index (χ0v) is 19.1. The molecule has 3 aromatic rings. The fourth-order valence-corrected chi connectivity index (χ4v) is 5.40. The Bertz CT molecular complexity index is 1320. The van der Waals surface area contributed by atoms with Crippen molar-refractivity contribution in [3.8, 4) is 0 Å². The Hall–Kier alpha value is -3.26. The molecule has 1 aromatic carbocycles. The van der Waals surface area contributed by atoms with E-state index >= 15 is 0 Å². The van der Waals surface area contributed by atoms with Crippen LogP contribution >= 0.6 is 11.8 Å². The molecular weight excluding hydrogens is 439 g/mol. The van der Waals surface area contributed by atoms with E-state index in [4.69, 9.17) is 4.98 Å². The summed E-state index contributed by atoms with van der Waals surface area (Å²) in [7, 11) is 0. The fourth-order valence-electron chi connectivity index (χ4n) is 4.58. The first-order valence-corrected chi connectivity index (χ1v) is 11.7. The molecule has 0 amide bonds. The predicted molar refractivity (Wildman–Crippen MR) is 126 cm³/mol. The van der Waals surface area contributed by atoms with Crippen LogP contribution in [0.15, 0.2) is 70.0 Å². The lowest BCUT2D eigenvalue weighted by molar-refractivity contribution is -0.118. The van der Waals surface area contributed by atoms with Crippen LogP contribution < -0.4 is 10.9 Å². The minimum atomic E-state index is -0.491. The molecule has 2 N–H and O–H groups in total. The van der Waals surface area contributed by atoms with Crippen LogP contribution in [0.5, 0.6) is 0 Å². The number of ketones is 1. The fraction of sp³-hybridized carbons (Fsp3) is 0.280. The van der Waals surface area contributed by atoms with Crippen molar-refractivity contribution in [3.05, 3.63) is 92.9 Å². The largest absolute Gasteiger partial charge is 0.343 e. The van der Waals surface area contributed by atoms with Gasteiger partial charge in [-0.1, -0.05) is 37.7 Å². The Labute approximate surface area is 194 Å². The number of benzene rings is 1. The SMILES string of the molecule is CC1(C)CC(=O)C2=C(C1)Nc1nc(SCc3ccc(F)cc3)[nH]c(=O)c1C2c1ccncc1. The van der Waals surface area contributed by atoms with Gasteiger partial charge in [-0.25, -0.2) is 9.37 Å². The van der Waals surface area contributed by atoms with Crippen molar-refractivity contribution in [2.45, 2.75) is 43.5 Å². The first-order chi connectivity index (χ1) is 15.8. The van der Waals surface area contributed by atoms with Crippen molar-refractivity contribution in [2.75, 3.05) is 5.32 Å². The molecule has 0 radical (unpaired) electrons. The van der Waals surface area contributed by atoms with E-state index in [-0.39, 0.29) is 22.6 Å². The molecule has 33 heavy (non-hydrogen) atoms. The van der Waals surface area contributed by atoms with E-state index in [0.717, 1.165) is 16.8 Å². The number of hydrogen-bond acceptors (Lipinski definition) is 6. The smallest absolute Gasteiger partial charge is 0.257 e. The highest BCUT2D eigenvalue weighted by atomic mass is 32.2. The van der Waals surface area contributed by atoms with E-state index in [2.05, 4.69) is 29.1 Å². The van der Waals surface area contributed by atoms with Crippen LogP contribution in [0.2, 0.25) is 0 Å². The Morgan fingerprint density at radius 3 is 2.55 bits per heavy atom. The van der Waals surface area contributed by atoms with Crippen molar-refractivity contribution in [1.82, 2.24) is 15.0 Å². The third-order valence-corrected chi connectivity index (χ3v) is 6.97. The lowest BCUT2D eigenvalue weighted by Gasteiger charge is -2.38. The number of aromatic nitrogens is 3. The van der Waals surface area contributed by atoms with Crippen LogP contribution in [0.4, 0.5) is 10.2 Å². The number of fused-ring (bicyclic) bond motifs is 1. The van der Waals surface area contributed by atoms with Gasteiger partial charge in [0.1, 0.15) is 11.6 Å². The van der Waals surface area contributed by atoms with Gasteiger partial charge in [0.05, 0.1) is 5.56 Å². The molecule has 0 fully saturated rings. The van der Waals surface area contributed by atoms with Crippen molar-refractivity contribution in [1.29, 1.82) is 0 Å². The molecule has 5 rings (SSSR count). The molecule has 0 bridgehead atoms. The number of anilines is 1. The average molecular weight is 463 g/mol. The van der Waals surface area contributed by atoms with E-state index in [9.17, 15) is 14.0 Å². The monoisotopic (exact) mass is 462 g/mol. The van der Waals surface area contributed by atoms with Crippen molar-refractivity contribution in [2.24, 2.45) is 5.41 Å². The molecule has 1 unspecified atom stereocenters. The first-order valence-electron chi connectivity index (χ1n) is 10.8. The number of rotatable bonds is 4. The third-order valence-electron chi connectivity index (χ3n) is 6.03. The molecule has 1 atom stereocenters. The van der Waals surface area contributed by atoms with Crippen LogP contribution in [-0.4, -0.2) is 20.7 Å². The second-order valence-electron chi connectivity index (χ2n) is 9.22. The number of halogens is 1. The van der Waals surface area contributed by atoms with Gasteiger partial charge in [-0.05, 0) is 47.2 Å². The molecule has 1 aliphatic heterocycles. The summed E-state index contributed by atoms with van der Waals surface area (Å²) >= 11 is 1.37. The van der Waals surface area contributed by atoms with Gasteiger partial charge in [-0.15, -0.1) is 0 Å². The Morgan fingerprint density at radius 2 is 1.82 bits per heavy atom. The highest BCUT2D eigenvalue weighted by Gasteiger charge is 2.42. The molecule has 8 heteroatoms. The summed E-state index contributed by atoms with van der Waals surface area (Å²) in [4.78, 5) is 38.2. The summed E-state index contributed by atoms with van der Waals surface area (Å²) in [5.41, 5.74) is 3.23. The van der Waals surface area contributed by atoms with E-state index in [0.29, 0.717) is 40.7 Å². The number of carbonyl (C=O) groups is 1. The van der Waals surface area contributed by atoms with E-state index in [1.165, 1.54) is 23.9 Å². The van der Waals surface area contributed by atoms with Crippen LogP contribution in [0.1, 0.15) is 49.3 Å². The molecule has 0 saturated heterocycles. The van der Waals surface area contributed by atoms with Gasteiger partial charge < -0.3 is 10.3 Å². The van der Waals surface area contributed by atoms with Crippen LogP contribution in [-0.2, 0) is 10.5 Å². The number of thioether (sulfide) groups is 1. The van der Waals surface area contributed by atoms with Gasteiger partial charge in [0.15, 0.2) is 10.9 Å². The maximum absolute atomic E-state index is 13.3. The van der Waals surface area contributed by atoms with E-state index in [1.807, 2.05) is 12.1 Å². The molecule has 2 aliphatic rings. The van der Waals surface area contributed by atoms with Gasteiger partial charge in [0.2, 0.25) is 0 Å². The first kappa shape index (κ1) is 21.6. The standard InChI is InChI=1S/C25H23FN4O2S/c1-25(2)11-17-20(18(31)12-25)19(15-7-9-27-10-8-15)21-22(28-17)29-24(30-23(21)32)33-13-14-3-5-16(26)6-4-14/h3-10,19H,11-13H2,1-2H3,(H2,28,29,30,32). The second-order valence-corrected chi connectivity index (χ2v) is 10.2. The van der Waals surface area contributed by atoms with Crippen molar-refractivity contribution >= 4 is 23.4 Å². The quantitative estimate of drug-likeness (QED) is 0.428. The number of Topliss-reactive ketones (excluding diaryl/α,β-unsaturated/α-hetero) is 1. The molecule has 0 saturated carbocycles. The lowest BCUT2D eigenvalue weighted by Crippen LogP contribution is -2.37. The van der Waals surface area contributed by atoms with Crippen molar-refractivity contribution in [3.63, 3.8) is 0 Å². The van der Waals surface area contributed by atoms with Gasteiger partial charge in [-0.3, -0.25) is 14.6 Å². The summed E-state index contributed by atoms with van der Waals surface area (Å²) in [5.74, 6) is 0.288. The maximum Gasteiger partial charge on any atom is 0.257 e. The Morgan fingerprint density at radius 1 is 1.09 bits per heavy atom. The number of nitrogens with one attached hydrogen (secondary N) is 2. The number of nitrogens with zero attached hydrogens (tertiary/aromatic N) is 2. The Kier molecular flexibility index (Phi) is 5.40. The molecule has 0 spiro atoms. The van der Waals surface area contributed by atoms with Gasteiger partial charge in [0, 0.05) is 41.8 Å². The maximum atomic E-state index is 13.3. The highest BCUT2D eigenvalue weighted by molar-refractivity contribution is 7.98. The minimum Gasteiger partial charge on any atom is -0.343 e. The van der Waals surface area contributed by atoms with Crippen molar-refractivity contribution < 1.29 is 9.18 Å². The summed E-state index contributed by atoms with van der Waals surface area (Å²) in [6, 6.07) is 9.93. The molecule has 1 aliphatic carbocycles.